The van der Waals surface area contributed by atoms with Crippen LogP contribution in [0, 0.1) is 17.8 Å². The zero-order valence-corrected chi connectivity index (χ0v) is 10.4. The van der Waals surface area contributed by atoms with Gasteiger partial charge in [0, 0.05) is 6.04 Å². The summed E-state index contributed by atoms with van der Waals surface area (Å²) in [6, 6.07) is 0.501. The van der Waals surface area contributed by atoms with E-state index in [0.717, 1.165) is 12.3 Å². The van der Waals surface area contributed by atoms with Crippen LogP contribution in [0.1, 0.15) is 38.5 Å². The molecule has 0 aromatic carbocycles. The highest BCUT2D eigenvalue weighted by molar-refractivity contribution is 5.73. The number of carbonyl (C=O) groups is 1. The second kappa shape index (κ2) is 4.74. The first-order chi connectivity index (χ1) is 7.61. The molecule has 3 heteroatoms. The molecule has 2 aliphatic rings. The predicted molar refractivity (Wildman–Crippen MR) is 63.3 cm³/mol. The van der Waals surface area contributed by atoms with Gasteiger partial charge in [0.15, 0.2) is 0 Å². The topological polar surface area (TPSA) is 40.5 Å². The standard InChI is InChI=1S/C13H23NO2/c1-14(2)12(9-6-4-3-5-7-9)10-8-11(10)13(15)16/h9-12H,3-8H2,1-2H3,(H,15,16). The Balaban J connectivity index is 1.98. The molecule has 0 aliphatic heterocycles. The molecule has 0 aromatic rings. The summed E-state index contributed by atoms with van der Waals surface area (Å²) in [4.78, 5) is 13.2. The van der Waals surface area contributed by atoms with Crippen molar-refractivity contribution in [1.29, 1.82) is 0 Å². The highest BCUT2D eigenvalue weighted by Gasteiger charge is 2.50. The van der Waals surface area contributed by atoms with Crippen LogP contribution in [-0.2, 0) is 4.79 Å². The number of aliphatic carboxylic acids is 1. The zero-order valence-electron chi connectivity index (χ0n) is 10.4. The van der Waals surface area contributed by atoms with Crippen molar-refractivity contribution in [2.45, 2.75) is 44.6 Å². The van der Waals surface area contributed by atoms with Crippen molar-refractivity contribution < 1.29 is 9.90 Å². The van der Waals surface area contributed by atoms with E-state index in [2.05, 4.69) is 19.0 Å². The Labute approximate surface area is 97.8 Å². The molecule has 2 fully saturated rings. The maximum atomic E-state index is 11.0. The lowest BCUT2D eigenvalue weighted by molar-refractivity contribution is -0.139. The molecule has 0 aromatic heterocycles. The first-order valence-corrected chi connectivity index (χ1v) is 6.50. The van der Waals surface area contributed by atoms with Gasteiger partial charge in [-0.1, -0.05) is 19.3 Å². The molecule has 3 nitrogen and oxygen atoms in total. The fourth-order valence-corrected chi connectivity index (χ4v) is 3.51. The largest absolute Gasteiger partial charge is 0.481 e. The molecule has 0 amide bonds. The summed E-state index contributed by atoms with van der Waals surface area (Å²) in [5, 5.41) is 9.03. The highest BCUT2D eigenvalue weighted by Crippen LogP contribution is 2.47. The van der Waals surface area contributed by atoms with E-state index < -0.39 is 5.97 Å². The van der Waals surface area contributed by atoms with Crippen LogP contribution in [0.15, 0.2) is 0 Å². The van der Waals surface area contributed by atoms with Gasteiger partial charge in [0.1, 0.15) is 0 Å². The number of hydrogen-bond donors (Lipinski definition) is 1. The molecule has 0 radical (unpaired) electrons. The van der Waals surface area contributed by atoms with Gasteiger partial charge in [0.05, 0.1) is 5.92 Å². The summed E-state index contributed by atoms with van der Waals surface area (Å²) in [5.41, 5.74) is 0. The van der Waals surface area contributed by atoms with E-state index in [9.17, 15) is 4.79 Å². The van der Waals surface area contributed by atoms with Crippen molar-refractivity contribution in [3.63, 3.8) is 0 Å². The third-order valence-electron chi connectivity index (χ3n) is 4.32. The first-order valence-electron chi connectivity index (χ1n) is 6.50. The predicted octanol–water partition coefficient (Wildman–Crippen LogP) is 2.22. The maximum Gasteiger partial charge on any atom is 0.306 e. The van der Waals surface area contributed by atoms with Gasteiger partial charge < -0.3 is 10.0 Å². The molecular weight excluding hydrogens is 202 g/mol. The van der Waals surface area contributed by atoms with Gasteiger partial charge in [0.2, 0.25) is 0 Å². The van der Waals surface area contributed by atoms with Crippen molar-refractivity contribution in [1.82, 2.24) is 4.90 Å². The number of carboxylic acids is 1. The molecule has 0 bridgehead atoms. The molecule has 2 saturated carbocycles. The van der Waals surface area contributed by atoms with Crippen LogP contribution in [0.4, 0.5) is 0 Å². The number of rotatable bonds is 4. The Kier molecular flexibility index (Phi) is 3.53. The molecule has 92 valence electrons. The molecule has 0 spiro atoms. The van der Waals surface area contributed by atoms with Gasteiger partial charge in [-0.05, 0) is 45.2 Å². The van der Waals surface area contributed by atoms with Crippen LogP contribution in [0.5, 0.6) is 0 Å². The molecule has 3 atom stereocenters. The van der Waals surface area contributed by atoms with Gasteiger partial charge in [-0.2, -0.15) is 0 Å². The molecule has 1 N–H and O–H groups in total. The van der Waals surface area contributed by atoms with Crippen LogP contribution >= 0.6 is 0 Å². The lowest BCUT2D eigenvalue weighted by atomic mass is 9.81. The van der Waals surface area contributed by atoms with Crippen molar-refractivity contribution in [3.05, 3.63) is 0 Å². The third-order valence-corrected chi connectivity index (χ3v) is 4.32. The molecule has 2 aliphatic carbocycles. The quantitative estimate of drug-likeness (QED) is 0.797. The van der Waals surface area contributed by atoms with Gasteiger partial charge in [0.25, 0.3) is 0 Å². The van der Waals surface area contributed by atoms with Crippen LogP contribution in [-0.4, -0.2) is 36.1 Å². The zero-order chi connectivity index (χ0) is 11.7. The van der Waals surface area contributed by atoms with Crippen LogP contribution in [0.3, 0.4) is 0 Å². The number of hydrogen-bond acceptors (Lipinski definition) is 2. The minimum absolute atomic E-state index is 0.0608. The van der Waals surface area contributed by atoms with E-state index in [1.165, 1.54) is 32.1 Å². The van der Waals surface area contributed by atoms with Gasteiger partial charge in [-0.3, -0.25) is 4.79 Å². The normalized spacial score (nSPS) is 32.7. The summed E-state index contributed by atoms with van der Waals surface area (Å²) in [6.07, 6.45) is 7.52. The Hall–Kier alpha value is -0.570. The highest BCUT2D eigenvalue weighted by atomic mass is 16.4. The van der Waals surface area contributed by atoms with E-state index in [1.54, 1.807) is 0 Å². The van der Waals surface area contributed by atoms with Crippen molar-refractivity contribution >= 4 is 5.97 Å². The lowest BCUT2D eigenvalue weighted by Gasteiger charge is -2.35. The molecule has 0 saturated heterocycles. The van der Waals surface area contributed by atoms with Crippen molar-refractivity contribution in [2.24, 2.45) is 17.8 Å². The van der Waals surface area contributed by atoms with E-state index in [0.29, 0.717) is 12.0 Å². The number of carboxylic acid groups (broad SMARTS) is 1. The monoisotopic (exact) mass is 225 g/mol. The van der Waals surface area contributed by atoms with E-state index >= 15 is 0 Å². The Morgan fingerprint density at radius 1 is 1.25 bits per heavy atom. The Bertz CT molecular complexity index is 259. The van der Waals surface area contributed by atoms with E-state index in [4.69, 9.17) is 5.11 Å². The smallest absolute Gasteiger partial charge is 0.306 e. The van der Waals surface area contributed by atoms with Crippen LogP contribution in [0.25, 0.3) is 0 Å². The summed E-state index contributed by atoms with van der Waals surface area (Å²) < 4.78 is 0. The second-order valence-corrected chi connectivity index (χ2v) is 5.70. The molecule has 2 rings (SSSR count). The molecule has 16 heavy (non-hydrogen) atoms. The van der Waals surface area contributed by atoms with Gasteiger partial charge in [-0.15, -0.1) is 0 Å². The fraction of sp³-hybridized carbons (Fsp3) is 0.923. The molecule has 0 heterocycles. The molecular formula is C13H23NO2. The lowest BCUT2D eigenvalue weighted by Crippen LogP contribution is -2.39. The van der Waals surface area contributed by atoms with Crippen LogP contribution in [0.2, 0.25) is 0 Å². The second-order valence-electron chi connectivity index (χ2n) is 5.70. The van der Waals surface area contributed by atoms with Crippen molar-refractivity contribution in [2.75, 3.05) is 14.1 Å². The Morgan fingerprint density at radius 3 is 2.31 bits per heavy atom. The summed E-state index contributed by atoms with van der Waals surface area (Å²) >= 11 is 0. The summed E-state index contributed by atoms with van der Waals surface area (Å²) in [7, 11) is 4.22. The average Bonchev–Trinajstić information content (AvgIpc) is 2.99. The fourth-order valence-electron chi connectivity index (χ4n) is 3.51. The first kappa shape index (κ1) is 11.9. The third kappa shape index (κ3) is 2.40. The minimum Gasteiger partial charge on any atom is -0.481 e. The number of nitrogens with zero attached hydrogens (tertiary/aromatic N) is 1. The van der Waals surface area contributed by atoms with Gasteiger partial charge in [-0.25, -0.2) is 0 Å². The summed E-state index contributed by atoms with van der Waals surface area (Å²) in [6.45, 7) is 0. The summed E-state index contributed by atoms with van der Waals surface area (Å²) in [5.74, 6) is 0.496. The maximum absolute atomic E-state index is 11.0. The van der Waals surface area contributed by atoms with Gasteiger partial charge >= 0.3 is 5.97 Å². The van der Waals surface area contributed by atoms with E-state index in [1.807, 2.05) is 0 Å². The SMILES string of the molecule is CN(C)C(C1CCCCC1)C1CC1C(=O)O. The van der Waals surface area contributed by atoms with Crippen molar-refractivity contribution in [3.8, 4) is 0 Å². The average molecular weight is 225 g/mol. The van der Waals surface area contributed by atoms with Crippen LogP contribution < -0.4 is 0 Å². The Morgan fingerprint density at radius 2 is 1.88 bits per heavy atom. The van der Waals surface area contributed by atoms with E-state index in [-0.39, 0.29) is 5.92 Å². The minimum atomic E-state index is -0.590. The molecule has 3 unspecified atom stereocenters.